The lowest BCUT2D eigenvalue weighted by molar-refractivity contribution is 0.134. The van der Waals surface area contributed by atoms with E-state index in [0.717, 1.165) is 0 Å². The van der Waals surface area contributed by atoms with Crippen molar-refractivity contribution in [3.8, 4) is 0 Å². The van der Waals surface area contributed by atoms with E-state index >= 15 is 0 Å². The van der Waals surface area contributed by atoms with Crippen molar-refractivity contribution in [2.24, 2.45) is 0 Å². The summed E-state index contributed by atoms with van der Waals surface area (Å²) in [5.41, 5.74) is 0. The highest BCUT2D eigenvalue weighted by atomic mass is 16.5. The van der Waals surface area contributed by atoms with Gasteiger partial charge in [-0.25, -0.2) is 0 Å². The van der Waals surface area contributed by atoms with Crippen LogP contribution in [-0.2, 0) is 6.54 Å². The molecular weight excluding hydrogens is 184 g/mol. The number of hydrogen-bond donors (Lipinski definition) is 2. The van der Waals surface area contributed by atoms with Crippen molar-refractivity contribution >= 4 is 0 Å². The first-order valence-corrected chi connectivity index (χ1v) is 4.47. The van der Waals surface area contributed by atoms with Gasteiger partial charge in [0.05, 0.1) is 12.6 Å². The van der Waals surface area contributed by atoms with Gasteiger partial charge in [0.15, 0.2) is 5.82 Å². The van der Waals surface area contributed by atoms with Gasteiger partial charge in [0.1, 0.15) is 0 Å². The van der Waals surface area contributed by atoms with Crippen molar-refractivity contribution in [1.82, 2.24) is 20.4 Å². The molecule has 0 radical (unpaired) electrons. The number of nitrogens with zero attached hydrogens (tertiary/aromatic N) is 3. The van der Waals surface area contributed by atoms with Gasteiger partial charge in [0, 0.05) is 13.1 Å². The molecule has 0 spiro atoms. The van der Waals surface area contributed by atoms with Gasteiger partial charge in [-0.15, -0.1) is 0 Å². The SMILES string of the molecule is CN(C)CC(O)CNCc1ncon1. The van der Waals surface area contributed by atoms with Crippen molar-refractivity contribution in [2.45, 2.75) is 12.6 Å². The van der Waals surface area contributed by atoms with Crippen LogP contribution >= 0.6 is 0 Å². The molecule has 2 N–H and O–H groups in total. The van der Waals surface area contributed by atoms with Crippen LogP contribution in [0.4, 0.5) is 0 Å². The normalized spacial score (nSPS) is 13.4. The van der Waals surface area contributed by atoms with E-state index in [4.69, 9.17) is 0 Å². The van der Waals surface area contributed by atoms with Crippen molar-refractivity contribution < 1.29 is 9.63 Å². The maximum atomic E-state index is 9.48. The van der Waals surface area contributed by atoms with E-state index in [-0.39, 0.29) is 6.10 Å². The summed E-state index contributed by atoms with van der Waals surface area (Å²) in [6.07, 6.45) is 0.907. The highest BCUT2D eigenvalue weighted by Gasteiger charge is 2.05. The predicted molar refractivity (Wildman–Crippen MR) is 50.6 cm³/mol. The second-order valence-electron chi connectivity index (χ2n) is 3.39. The van der Waals surface area contributed by atoms with Crippen molar-refractivity contribution in [3.05, 3.63) is 12.2 Å². The van der Waals surface area contributed by atoms with Gasteiger partial charge in [-0.2, -0.15) is 4.98 Å². The number of aromatic nitrogens is 2. The summed E-state index contributed by atoms with van der Waals surface area (Å²) in [5.74, 6) is 0.599. The van der Waals surface area contributed by atoms with E-state index in [9.17, 15) is 5.11 Å². The third-order valence-electron chi connectivity index (χ3n) is 1.65. The molecule has 1 unspecified atom stereocenters. The monoisotopic (exact) mass is 200 g/mol. The quantitative estimate of drug-likeness (QED) is 0.618. The summed E-state index contributed by atoms with van der Waals surface area (Å²) in [6, 6.07) is 0. The van der Waals surface area contributed by atoms with Gasteiger partial charge in [-0.3, -0.25) is 0 Å². The first-order valence-electron chi connectivity index (χ1n) is 4.47. The van der Waals surface area contributed by atoms with E-state index in [1.807, 2.05) is 19.0 Å². The smallest absolute Gasteiger partial charge is 0.213 e. The Morgan fingerprint density at radius 3 is 3.00 bits per heavy atom. The fourth-order valence-electron chi connectivity index (χ4n) is 1.11. The Kier molecular flexibility index (Phi) is 4.51. The molecule has 0 fully saturated rings. The van der Waals surface area contributed by atoms with Crippen LogP contribution in [0.5, 0.6) is 0 Å². The van der Waals surface area contributed by atoms with Crippen LogP contribution in [0.15, 0.2) is 10.9 Å². The lowest BCUT2D eigenvalue weighted by Gasteiger charge is -2.15. The molecule has 6 heteroatoms. The Hall–Kier alpha value is -0.980. The minimum Gasteiger partial charge on any atom is -0.390 e. The second-order valence-corrected chi connectivity index (χ2v) is 3.39. The van der Waals surface area contributed by atoms with Crippen LogP contribution in [0.1, 0.15) is 5.82 Å². The fraction of sp³-hybridized carbons (Fsp3) is 0.750. The maximum Gasteiger partial charge on any atom is 0.213 e. The van der Waals surface area contributed by atoms with Crippen LogP contribution in [0.25, 0.3) is 0 Å². The molecule has 0 saturated carbocycles. The topological polar surface area (TPSA) is 74.4 Å². The molecule has 0 amide bonds. The molecule has 0 aliphatic carbocycles. The average molecular weight is 200 g/mol. The van der Waals surface area contributed by atoms with Crippen LogP contribution < -0.4 is 5.32 Å². The summed E-state index contributed by atoms with van der Waals surface area (Å²) >= 11 is 0. The van der Waals surface area contributed by atoms with E-state index in [1.165, 1.54) is 6.39 Å². The predicted octanol–water partition coefficient (Wildman–Crippen LogP) is -0.918. The maximum absolute atomic E-state index is 9.48. The minimum atomic E-state index is -0.378. The minimum absolute atomic E-state index is 0.378. The van der Waals surface area contributed by atoms with Crippen LogP contribution in [-0.4, -0.2) is 53.4 Å². The van der Waals surface area contributed by atoms with Crippen molar-refractivity contribution in [3.63, 3.8) is 0 Å². The first kappa shape index (κ1) is 11.1. The van der Waals surface area contributed by atoms with Crippen molar-refractivity contribution in [2.75, 3.05) is 27.2 Å². The average Bonchev–Trinajstić information content (AvgIpc) is 2.55. The number of likely N-dealkylation sites (N-methyl/N-ethyl adjacent to an activating group) is 1. The van der Waals surface area contributed by atoms with Crippen molar-refractivity contribution in [1.29, 1.82) is 0 Å². The first-order chi connectivity index (χ1) is 6.68. The largest absolute Gasteiger partial charge is 0.390 e. The molecule has 80 valence electrons. The number of aliphatic hydroxyl groups excluding tert-OH is 1. The number of aliphatic hydroxyl groups is 1. The van der Waals surface area contributed by atoms with Gasteiger partial charge in [0.25, 0.3) is 0 Å². The second kappa shape index (κ2) is 5.69. The van der Waals surface area contributed by atoms with Gasteiger partial charge in [-0.1, -0.05) is 5.16 Å². The van der Waals surface area contributed by atoms with Gasteiger partial charge < -0.3 is 19.8 Å². The molecule has 1 aromatic rings. The molecule has 0 bridgehead atoms. The van der Waals surface area contributed by atoms with Gasteiger partial charge >= 0.3 is 0 Å². The summed E-state index contributed by atoms with van der Waals surface area (Å²) < 4.78 is 4.56. The zero-order valence-corrected chi connectivity index (χ0v) is 8.47. The lowest BCUT2D eigenvalue weighted by atomic mass is 10.3. The highest BCUT2D eigenvalue weighted by Crippen LogP contribution is 1.88. The van der Waals surface area contributed by atoms with Crippen LogP contribution in [0, 0.1) is 0 Å². The molecule has 0 aromatic carbocycles. The van der Waals surface area contributed by atoms with E-state index in [2.05, 4.69) is 20.0 Å². The molecule has 1 atom stereocenters. The Bertz CT molecular complexity index is 237. The summed E-state index contributed by atoms with van der Waals surface area (Å²) in [4.78, 5) is 5.77. The van der Waals surface area contributed by atoms with E-state index in [1.54, 1.807) is 0 Å². The van der Waals surface area contributed by atoms with Crippen LogP contribution in [0.3, 0.4) is 0 Å². The summed E-state index contributed by atoms with van der Waals surface area (Å²) in [5, 5.41) is 16.1. The Balaban J connectivity index is 2.09. The number of hydrogen-bond acceptors (Lipinski definition) is 6. The lowest BCUT2D eigenvalue weighted by Crippen LogP contribution is -2.34. The summed E-state index contributed by atoms with van der Waals surface area (Å²) in [6.45, 7) is 1.67. The zero-order chi connectivity index (χ0) is 10.4. The zero-order valence-electron chi connectivity index (χ0n) is 8.47. The highest BCUT2D eigenvalue weighted by molar-refractivity contribution is 4.76. The molecule has 0 saturated heterocycles. The molecule has 1 heterocycles. The standard InChI is InChI=1S/C8H16N4O2/c1-12(2)5-7(13)3-9-4-8-10-6-14-11-8/h6-7,9,13H,3-5H2,1-2H3. The van der Waals surface area contributed by atoms with E-state index < -0.39 is 0 Å². The number of rotatable bonds is 6. The molecule has 0 aliphatic heterocycles. The third kappa shape index (κ3) is 4.31. The van der Waals surface area contributed by atoms with Crippen LogP contribution in [0.2, 0.25) is 0 Å². The molecule has 1 aromatic heterocycles. The molecule has 14 heavy (non-hydrogen) atoms. The third-order valence-corrected chi connectivity index (χ3v) is 1.65. The Labute approximate surface area is 82.9 Å². The fourth-order valence-corrected chi connectivity index (χ4v) is 1.11. The number of nitrogens with one attached hydrogen (secondary N) is 1. The summed E-state index contributed by atoms with van der Waals surface area (Å²) in [7, 11) is 3.84. The van der Waals surface area contributed by atoms with E-state index in [0.29, 0.717) is 25.5 Å². The van der Waals surface area contributed by atoms with Gasteiger partial charge in [-0.05, 0) is 14.1 Å². The molecule has 1 rings (SSSR count). The Morgan fingerprint density at radius 2 is 2.43 bits per heavy atom. The molecule has 6 nitrogen and oxygen atoms in total. The molecular formula is C8H16N4O2. The Morgan fingerprint density at radius 1 is 1.64 bits per heavy atom. The van der Waals surface area contributed by atoms with Gasteiger partial charge in [0.2, 0.25) is 6.39 Å². The molecule has 0 aliphatic rings.